The van der Waals surface area contributed by atoms with Gasteiger partial charge in [-0.25, -0.2) is 4.68 Å². The van der Waals surface area contributed by atoms with Crippen molar-refractivity contribution in [3.8, 4) is 22.7 Å². The van der Waals surface area contributed by atoms with E-state index in [0.717, 1.165) is 5.69 Å². The first kappa shape index (κ1) is 14.8. The molecule has 7 nitrogen and oxygen atoms in total. The van der Waals surface area contributed by atoms with Crippen LogP contribution in [0.2, 0.25) is 0 Å². The largest absolute Gasteiger partial charge is 0.507 e. The van der Waals surface area contributed by atoms with Gasteiger partial charge in [0.1, 0.15) is 5.75 Å². The molecule has 0 atom stereocenters. The van der Waals surface area contributed by atoms with E-state index in [1.165, 1.54) is 0 Å². The van der Waals surface area contributed by atoms with Crippen LogP contribution < -0.4 is 4.90 Å². The van der Waals surface area contributed by atoms with Crippen LogP contribution in [0.1, 0.15) is 0 Å². The van der Waals surface area contributed by atoms with Crippen LogP contribution in [-0.4, -0.2) is 31.3 Å². The molecule has 0 fully saturated rings. The van der Waals surface area contributed by atoms with E-state index in [2.05, 4.69) is 20.3 Å². The van der Waals surface area contributed by atoms with Gasteiger partial charge in [-0.2, -0.15) is 5.10 Å². The predicted octanol–water partition coefficient (Wildman–Crippen LogP) is 2.91. The molecule has 0 unspecified atom stereocenters. The van der Waals surface area contributed by atoms with E-state index in [9.17, 15) is 5.11 Å². The molecule has 0 amide bonds. The molecule has 1 aliphatic rings. The van der Waals surface area contributed by atoms with Gasteiger partial charge in [0.2, 0.25) is 0 Å². The van der Waals surface area contributed by atoms with E-state index in [1.807, 2.05) is 47.6 Å². The molecule has 0 spiro atoms. The number of phenols is 1. The van der Waals surface area contributed by atoms with Crippen molar-refractivity contribution in [2.24, 2.45) is 4.99 Å². The molecular formula is C18H14N6O. The highest BCUT2D eigenvalue weighted by Crippen LogP contribution is 2.30. The van der Waals surface area contributed by atoms with Crippen molar-refractivity contribution in [1.29, 1.82) is 0 Å². The summed E-state index contributed by atoms with van der Waals surface area (Å²) in [5, 5.41) is 22.9. The zero-order valence-corrected chi connectivity index (χ0v) is 13.1. The lowest BCUT2D eigenvalue weighted by Gasteiger charge is -2.13. The number of allylic oxidation sites excluding steroid dienone is 1. The van der Waals surface area contributed by atoms with Crippen molar-refractivity contribution < 1.29 is 5.11 Å². The molecule has 3 aromatic rings. The molecule has 1 aliphatic heterocycles. The molecule has 25 heavy (non-hydrogen) atoms. The van der Waals surface area contributed by atoms with Crippen molar-refractivity contribution in [3.05, 3.63) is 73.5 Å². The van der Waals surface area contributed by atoms with Gasteiger partial charge in [0.15, 0.2) is 5.82 Å². The summed E-state index contributed by atoms with van der Waals surface area (Å²) in [4.78, 5) is 5.84. The van der Waals surface area contributed by atoms with Crippen LogP contribution in [0, 0.1) is 0 Å². The average Bonchev–Trinajstić information content (AvgIpc) is 3.05. The summed E-state index contributed by atoms with van der Waals surface area (Å²) >= 11 is 0. The molecule has 0 bridgehead atoms. The number of nitrogens with zero attached hydrogens (tertiary/aromatic N) is 6. The molecule has 4 rings (SSSR count). The Kier molecular flexibility index (Phi) is 3.80. The number of aromatic nitrogens is 4. The predicted molar refractivity (Wildman–Crippen MR) is 95.5 cm³/mol. The molecule has 0 aliphatic carbocycles. The lowest BCUT2D eigenvalue weighted by atomic mass is 10.1. The van der Waals surface area contributed by atoms with Gasteiger partial charge in [-0.05, 0) is 36.4 Å². The minimum absolute atomic E-state index is 0.123. The maximum absolute atomic E-state index is 10.3. The van der Waals surface area contributed by atoms with E-state index in [1.54, 1.807) is 41.6 Å². The molecule has 7 heteroatoms. The van der Waals surface area contributed by atoms with Crippen molar-refractivity contribution in [2.45, 2.75) is 0 Å². The zero-order valence-electron chi connectivity index (χ0n) is 13.1. The summed E-state index contributed by atoms with van der Waals surface area (Å²) in [7, 11) is 0. The van der Waals surface area contributed by atoms with Crippen LogP contribution in [-0.2, 0) is 0 Å². The van der Waals surface area contributed by atoms with Gasteiger partial charge in [0.25, 0.3) is 0 Å². The number of benzene rings is 1. The summed E-state index contributed by atoms with van der Waals surface area (Å²) in [5.74, 6) is 0.785. The Morgan fingerprint density at radius 1 is 1.00 bits per heavy atom. The Morgan fingerprint density at radius 3 is 2.72 bits per heavy atom. The monoisotopic (exact) mass is 330 g/mol. The van der Waals surface area contributed by atoms with E-state index >= 15 is 0 Å². The Labute approximate surface area is 143 Å². The third kappa shape index (κ3) is 3.02. The normalized spacial score (nSPS) is 13.2. The summed E-state index contributed by atoms with van der Waals surface area (Å²) in [6.07, 6.45) is 12.3. The van der Waals surface area contributed by atoms with Crippen molar-refractivity contribution in [3.63, 3.8) is 0 Å². The molecule has 122 valence electrons. The number of hydrogen-bond donors (Lipinski definition) is 1. The van der Waals surface area contributed by atoms with Crippen LogP contribution in [0.25, 0.3) is 16.9 Å². The lowest BCUT2D eigenvalue weighted by Crippen LogP contribution is -2.09. The SMILES string of the molecule is Oc1cc(-n2cccn2)ccc1-c1ccc(N2C=CC=NC=C2)nn1. The van der Waals surface area contributed by atoms with Gasteiger partial charge < -0.3 is 10.0 Å². The fourth-order valence-corrected chi connectivity index (χ4v) is 2.45. The first-order valence-corrected chi connectivity index (χ1v) is 7.63. The Balaban J connectivity index is 1.62. The summed E-state index contributed by atoms with van der Waals surface area (Å²) in [6, 6.07) is 10.8. The average molecular weight is 330 g/mol. The van der Waals surface area contributed by atoms with Gasteiger partial charge in [0.05, 0.1) is 11.4 Å². The molecule has 3 heterocycles. The second kappa shape index (κ2) is 6.40. The first-order chi connectivity index (χ1) is 12.3. The summed E-state index contributed by atoms with van der Waals surface area (Å²) in [5.41, 5.74) is 1.98. The second-order valence-corrected chi connectivity index (χ2v) is 5.27. The van der Waals surface area contributed by atoms with Gasteiger partial charge in [-0.15, -0.1) is 10.2 Å². The highest BCUT2D eigenvalue weighted by molar-refractivity contribution is 5.74. The van der Waals surface area contributed by atoms with E-state index in [0.29, 0.717) is 17.1 Å². The smallest absolute Gasteiger partial charge is 0.159 e. The van der Waals surface area contributed by atoms with Crippen LogP contribution in [0.15, 0.2) is 78.5 Å². The van der Waals surface area contributed by atoms with Gasteiger partial charge >= 0.3 is 0 Å². The maximum atomic E-state index is 10.3. The standard InChI is InChI=1S/C18H14N6O/c25-17-13-14(24-11-2-8-20-24)3-4-15(17)16-5-6-18(22-21-16)23-10-1-7-19-9-12-23/h1-13,25H. The van der Waals surface area contributed by atoms with Crippen LogP contribution in [0.3, 0.4) is 0 Å². The molecular weight excluding hydrogens is 316 g/mol. The van der Waals surface area contributed by atoms with Crippen LogP contribution in [0.5, 0.6) is 5.75 Å². The number of anilines is 1. The quantitative estimate of drug-likeness (QED) is 0.799. The Bertz CT molecular complexity index is 942. The van der Waals surface area contributed by atoms with Crippen molar-refractivity contribution >= 4 is 12.0 Å². The topological polar surface area (TPSA) is 79.4 Å². The molecule has 0 radical (unpaired) electrons. The molecule has 1 aromatic carbocycles. The minimum Gasteiger partial charge on any atom is -0.507 e. The van der Waals surface area contributed by atoms with E-state index < -0.39 is 0 Å². The lowest BCUT2D eigenvalue weighted by molar-refractivity contribution is 0.476. The highest BCUT2D eigenvalue weighted by Gasteiger charge is 2.10. The Hall–Kier alpha value is -3.74. The Morgan fingerprint density at radius 2 is 1.96 bits per heavy atom. The van der Waals surface area contributed by atoms with Crippen molar-refractivity contribution in [2.75, 3.05) is 4.90 Å². The second-order valence-electron chi connectivity index (χ2n) is 5.27. The van der Waals surface area contributed by atoms with Gasteiger partial charge in [0, 0.05) is 48.8 Å². The van der Waals surface area contributed by atoms with E-state index in [4.69, 9.17) is 0 Å². The van der Waals surface area contributed by atoms with Crippen LogP contribution >= 0.6 is 0 Å². The zero-order chi connectivity index (χ0) is 17.1. The number of aliphatic imine (C=N–C) groups is 1. The van der Waals surface area contributed by atoms with Crippen LogP contribution in [0.4, 0.5) is 5.82 Å². The number of phenolic OH excluding ortho intramolecular Hbond substituents is 1. The van der Waals surface area contributed by atoms with Gasteiger partial charge in [-0.3, -0.25) is 4.99 Å². The highest BCUT2D eigenvalue weighted by atomic mass is 16.3. The number of hydrogen-bond acceptors (Lipinski definition) is 6. The van der Waals surface area contributed by atoms with E-state index in [-0.39, 0.29) is 5.75 Å². The minimum atomic E-state index is 0.123. The molecule has 2 aromatic heterocycles. The van der Waals surface area contributed by atoms with Crippen molar-refractivity contribution in [1.82, 2.24) is 20.0 Å². The summed E-state index contributed by atoms with van der Waals surface area (Å²) < 4.78 is 1.68. The molecule has 0 saturated heterocycles. The number of aromatic hydroxyl groups is 1. The third-order valence-electron chi connectivity index (χ3n) is 3.67. The number of rotatable bonds is 3. The first-order valence-electron chi connectivity index (χ1n) is 7.63. The molecule has 1 N–H and O–H groups in total. The summed E-state index contributed by atoms with van der Waals surface area (Å²) in [6.45, 7) is 0. The van der Waals surface area contributed by atoms with Gasteiger partial charge in [-0.1, -0.05) is 0 Å². The maximum Gasteiger partial charge on any atom is 0.159 e. The molecule has 0 saturated carbocycles. The fraction of sp³-hybridized carbons (Fsp3) is 0. The third-order valence-corrected chi connectivity index (χ3v) is 3.67. The fourth-order valence-electron chi connectivity index (χ4n) is 2.45.